The van der Waals surface area contributed by atoms with Gasteiger partial charge in [-0.1, -0.05) is 0 Å². The molecule has 3 aromatic rings. The molecular formula is C26H31N5O5. The van der Waals surface area contributed by atoms with Gasteiger partial charge in [0.2, 0.25) is 5.88 Å². The van der Waals surface area contributed by atoms with E-state index >= 15 is 0 Å². The number of carbonyl (C=O) groups is 2. The fraction of sp³-hybridized carbons (Fsp3) is 0.500. The number of carbonyl (C=O) groups excluding carboxylic acids is 1. The summed E-state index contributed by atoms with van der Waals surface area (Å²) in [5.74, 6) is 0.127. The van der Waals surface area contributed by atoms with Crippen molar-refractivity contribution < 1.29 is 24.2 Å². The zero-order valence-electron chi connectivity index (χ0n) is 20.8. The standard InChI is InChI=1S/C26H31N5O5/c1-15-4-9-19-20(30(15)26(34)35-3)10-11-21-23(19)29-24(16(2)36-22-14-27-12-13-28-22)31(21)18-7-5-17(6-8-18)25(32)33/h10-18H,4-9H2,1-3H3,(H,32,33)/t15-,16-,17?,18?/m0/s1. The van der Waals surface area contributed by atoms with Crippen LogP contribution in [0.15, 0.2) is 30.7 Å². The average Bonchev–Trinajstić information content (AvgIpc) is 3.29. The molecule has 10 heteroatoms. The first-order valence-corrected chi connectivity index (χ1v) is 12.4. The van der Waals surface area contributed by atoms with Crippen LogP contribution in [0.25, 0.3) is 11.0 Å². The summed E-state index contributed by atoms with van der Waals surface area (Å²) in [7, 11) is 1.40. The SMILES string of the molecule is COC(=O)N1c2ccc3c(nc([C@H](C)Oc4cnccn4)n3C3CCC(C(=O)O)CC3)c2CC[C@@H]1C. The van der Waals surface area contributed by atoms with Crippen LogP contribution in [0.1, 0.15) is 69.5 Å². The Bertz CT molecular complexity index is 1270. The van der Waals surface area contributed by atoms with Gasteiger partial charge in [-0.25, -0.2) is 14.8 Å². The van der Waals surface area contributed by atoms with E-state index < -0.39 is 12.1 Å². The number of carboxylic acids is 1. The molecular weight excluding hydrogens is 462 g/mol. The van der Waals surface area contributed by atoms with E-state index in [0.717, 1.165) is 53.8 Å². The number of imidazole rings is 1. The van der Waals surface area contributed by atoms with Crippen LogP contribution in [0.2, 0.25) is 0 Å². The van der Waals surface area contributed by atoms with Crippen molar-refractivity contribution in [3.63, 3.8) is 0 Å². The van der Waals surface area contributed by atoms with Crippen molar-refractivity contribution in [1.82, 2.24) is 19.5 Å². The number of hydrogen-bond donors (Lipinski definition) is 1. The molecule has 2 aliphatic rings. The third kappa shape index (κ3) is 4.25. The van der Waals surface area contributed by atoms with Crippen LogP contribution < -0.4 is 9.64 Å². The Morgan fingerprint density at radius 3 is 2.58 bits per heavy atom. The van der Waals surface area contributed by atoms with Crippen molar-refractivity contribution in [2.45, 2.75) is 70.6 Å². The van der Waals surface area contributed by atoms with Gasteiger partial charge < -0.3 is 19.1 Å². The van der Waals surface area contributed by atoms with Crippen molar-refractivity contribution in [3.05, 3.63) is 42.1 Å². The molecule has 1 aromatic carbocycles. The molecule has 1 aliphatic carbocycles. The molecule has 1 saturated carbocycles. The highest BCUT2D eigenvalue weighted by Gasteiger charge is 2.34. The van der Waals surface area contributed by atoms with Crippen molar-refractivity contribution in [1.29, 1.82) is 0 Å². The quantitative estimate of drug-likeness (QED) is 0.544. The number of fused-ring (bicyclic) bond motifs is 3. The van der Waals surface area contributed by atoms with Crippen LogP contribution in [-0.4, -0.2) is 49.8 Å². The molecule has 1 N–H and O–H groups in total. The van der Waals surface area contributed by atoms with Crippen molar-refractivity contribution >= 4 is 28.8 Å². The number of rotatable bonds is 5. The number of anilines is 1. The molecule has 3 heterocycles. The normalized spacial score (nSPS) is 22.6. The van der Waals surface area contributed by atoms with Gasteiger partial charge in [0.05, 0.1) is 35.9 Å². The number of aliphatic carboxylic acids is 1. The number of ether oxygens (including phenoxy) is 2. The maximum Gasteiger partial charge on any atom is 0.414 e. The predicted molar refractivity (Wildman–Crippen MR) is 132 cm³/mol. The second-order valence-electron chi connectivity index (χ2n) is 9.65. The van der Waals surface area contributed by atoms with Crippen molar-refractivity contribution in [3.8, 4) is 5.88 Å². The van der Waals surface area contributed by atoms with Gasteiger partial charge >= 0.3 is 12.1 Å². The number of methoxy groups -OCH3 is 1. The maximum atomic E-state index is 12.6. The Kier molecular flexibility index (Phi) is 6.51. The first kappa shape index (κ1) is 24.0. The molecule has 1 aliphatic heterocycles. The summed E-state index contributed by atoms with van der Waals surface area (Å²) in [5, 5.41) is 9.48. The van der Waals surface area contributed by atoms with Crippen LogP contribution in [0, 0.1) is 5.92 Å². The zero-order valence-corrected chi connectivity index (χ0v) is 20.8. The van der Waals surface area contributed by atoms with Gasteiger partial charge in [0, 0.05) is 30.0 Å². The van der Waals surface area contributed by atoms with E-state index in [1.807, 2.05) is 26.0 Å². The largest absolute Gasteiger partial charge is 0.481 e. The lowest BCUT2D eigenvalue weighted by atomic mass is 9.85. The van der Waals surface area contributed by atoms with Crippen LogP contribution in [0.4, 0.5) is 10.5 Å². The van der Waals surface area contributed by atoms with Gasteiger partial charge in [-0.05, 0) is 64.5 Å². The molecule has 2 atom stereocenters. The summed E-state index contributed by atoms with van der Waals surface area (Å²) in [6, 6.07) is 4.11. The third-order valence-electron chi connectivity index (χ3n) is 7.46. The number of amides is 1. The van der Waals surface area contributed by atoms with E-state index in [0.29, 0.717) is 18.7 Å². The molecule has 190 valence electrons. The number of aryl methyl sites for hydroxylation is 1. The Labute approximate surface area is 209 Å². The summed E-state index contributed by atoms with van der Waals surface area (Å²) in [4.78, 5) is 39.3. The Morgan fingerprint density at radius 2 is 1.92 bits per heavy atom. The molecule has 5 rings (SSSR count). The summed E-state index contributed by atoms with van der Waals surface area (Å²) in [6.07, 6.45) is 8.28. The molecule has 1 fully saturated rings. The lowest BCUT2D eigenvalue weighted by Crippen LogP contribution is -2.42. The number of hydrogen-bond acceptors (Lipinski definition) is 7. The highest BCUT2D eigenvalue weighted by atomic mass is 16.5. The Morgan fingerprint density at radius 1 is 1.14 bits per heavy atom. The minimum atomic E-state index is -0.727. The summed E-state index contributed by atoms with van der Waals surface area (Å²) < 4.78 is 13.4. The van der Waals surface area contributed by atoms with Gasteiger partial charge in [-0.15, -0.1) is 0 Å². The molecule has 36 heavy (non-hydrogen) atoms. The van der Waals surface area contributed by atoms with Crippen LogP contribution in [0.5, 0.6) is 5.88 Å². The van der Waals surface area contributed by atoms with E-state index in [-0.39, 0.29) is 24.1 Å². The Hall–Kier alpha value is -3.69. The number of aromatic nitrogens is 4. The molecule has 0 radical (unpaired) electrons. The first-order valence-electron chi connectivity index (χ1n) is 12.4. The van der Waals surface area contributed by atoms with Crippen molar-refractivity contribution in [2.75, 3.05) is 12.0 Å². The number of carboxylic acid groups (broad SMARTS) is 1. The van der Waals surface area contributed by atoms with E-state index in [2.05, 4.69) is 14.5 Å². The molecule has 1 amide bonds. The zero-order chi connectivity index (χ0) is 25.4. The maximum absolute atomic E-state index is 12.6. The molecule has 10 nitrogen and oxygen atoms in total. The minimum absolute atomic E-state index is 0.0224. The third-order valence-corrected chi connectivity index (χ3v) is 7.46. The lowest BCUT2D eigenvalue weighted by molar-refractivity contribution is -0.143. The number of benzene rings is 1. The smallest absolute Gasteiger partial charge is 0.414 e. The van der Waals surface area contributed by atoms with E-state index in [4.69, 9.17) is 14.5 Å². The average molecular weight is 494 g/mol. The second-order valence-corrected chi connectivity index (χ2v) is 9.65. The molecule has 0 spiro atoms. The summed E-state index contributed by atoms with van der Waals surface area (Å²) in [6.45, 7) is 3.95. The van der Waals surface area contributed by atoms with Crippen molar-refractivity contribution in [2.24, 2.45) is 5.92 Å². The fourth-order valence-electron chi connectivity index (χ4n) is 5.62. The second kappa shape index (κ2) is 9.75. The highest BCUT2D eigenvalue weighted by molar-refractivity contribution is 5.95. The molecule has 2 aromatic heterocycles. The molecule has 0 unspecified atom stereocenters. The van der Waals surface area contributed by atoms with Gasteiger partial charge in [-0.3, -0.25) is 14.7 Å². The predicted octanol–water partition coefficient (Wildman–Crippen LogP) is 4.69. The summed E-state index contributed by atoms with van der Waals surface area (Å²) in [5.41, 5.74) is 3.65. The van der Waals surface area contributed by atoms with Crippen LogP contribution in [0.3, 0.4) is 0 Å². The van der Waals surface area contributed by atoms with E-state index in [9.17, 15) is 14.7 Å². The van der Waals surface area contributed by atoms with E-state index in [1.54, 1.807) is 23.5 Å². The van der Waals surface area contributed by atoms with Gasteiger partial charge in [-0.2, -0.15) is 0 Å². The first-order chi connectivity index (χ1) is 17.4. The Balaban J connectivity index is 1.60. The summed E-state index contributed by atoms with van der Waals surface area (Å²) >= 11 is 0. The number of nitrogens with zero attached hydrogens (tertiary/aromatic N) is 5. The minimum Gasteiger partial charge on any atom is -0.481 e. The van der Waals surface area contributed by atoms with E-state index in [1.165, 1.54) is 7.11 Å². The lowest BCUT2D eigenvalue weighted by Gasteiger charge is -2.34. The van der Waals surface area contributed by atoms with Crippen LogP contribution in [-0.2, 0) is 16.0 Å². The highest BCUT2D eigenvalue weighted by Crippen LogP contribution is 2.41. The molecule has 0 saturated heterocycles. The van der Waals surface area contributed by atoms with Gasteiger partial charge in [0.25, 0.3) is 0 Å². The molecule has 0 bridgehead atoms. The topological polar surface area (TPSA) is 120 Å². The van der Waals surface area contributed by atoms with Gasteiger partial charge in [0.1, 0.15) is 0 Å². The van der Waals surface area contributed by atoms with Gasteiger partial charge in [0.15, 0.2) is 11.9 Å². The van der Waals surface area contributed by atoms with Crippen LogP contribution >= 0.6 is 0 Å². The fourth-order valence-corrected chi connectivity index (χ4v) is 5.62. The monoisotopic (exact) mass is 493 g/mol.